The summed E-state index contributed by atoms with van der Waals surface area (Å²) in [5.41, 5.74) is 0.993. The van der Waals surface area contributed by atoms with Crippen molar-refractivity contribution >= 4 is 11.9 Å². The molecular weight excluding hydrogens is 296 g/mol. The number of carboxylic acid groups (broad SMARTS) is 1. The second kappa shape index (κ2) is 7.46. The van der Waals surface area contributed by atoms with Crippen molar-refractivity contribution in [2.45, 2.75) is 32.9 Å². The molecule has 6 nitrogen and oxygen atoms in total. The third-order valence-electron chi connectivity index (χ3n) is 4.28. The number of hydrogen-bond donors (Lipinski definition) is 1. The van der Waals surface area contributed by atoms with Crippen LogP contribution >= 0.6 is 0 Å². The van der Waals surface area contributed by atoms with Crippen LogP contribution in [0.25, 0.3) is 0 Å². The van der Waals surface area contributed by atoms with Crippen molar-refractivity contribution in [3.63, 3.8) is 0 Å². The Kier molecular flexibility index (Phi) is 5.60. The summed E-state index contributed by atoms with van der Waals surface area (Å²) in [5.74, 6) is -0.177. The monoisotopic (exact) mass is 320 g/mol. The zero-order valence-electron chi connectivity index (χ0n) is 13.9. The van der Waals surface area contributed by atoms with Crippen LogP contribution in [0.3, 0.4) is 0 Å². The Morgan fingerprint density at radius 1 is 1.13 bits per heavy atom. The van der Waals surface area contributed by atoms with E-state index in [0.29, 0.717) is 31.9 Å². The number of carboxylic acids is 1. The molecule has 0 saturated carbocycles. The summed E-state index contributed by atoms with van der Waals surface area (Å²) < 4.78 is 5.77. The molecule has 0 radical (unpaired) electrons. The molecular formula is C17H24N2O4. The first-order chi connectivity index (χ1) is 10.9. The van der Waals surface area contributed by atoms with E-state index in [0.717, 1.165) is 5.56 Å². The Morgan fingerprint density at radius 2 is 1.74 bits per heavy atom. The molecule has 1 aromatic carbocycles. The minimum Gasteiger partial charge on any atom is -0.481 e. The molecule has 6 heteroatoms. The number of hydrogen-bond acceptors (Lipinski definition) is 4. The summed E-state index contributed by atoms with van der Waals surface area (Å²) in [6.45, 7) is 7.55. The lowest BCUT2D eigenvalue weighted by molar-refractivity contribution is -0.145. The number of benzene rings is 1. The van der Waals surface area contributed by atoms with Crippen molar-refractivity contribution in [3.05, 3.63) is 29.8 Å². The van der Waals surface area contributed by atoms with E-state index in [4.69, 9.17) is 9.84 Å². The van der Waals surface area contributed by atoms with Crippen molar-refractivity contribution in [2.24, 2.45) is 0 Å². The minimum atomic E-state index is -0.832. The number of amides is 1. The van der Waals surface area contributed by atoms with Crippen LogP contribution in [0.5, 0.6) is 5.75 Å². The van der Waals surface area contributed by atoms with Gasteiger partial charge < -0.3 is 14.7 Å². The first-order valence-electron chi connectivity index (χ1n) is 7.88. The fraction of sp³-hybridized carbons (Fsp3) is 0.529. The third-order valence-corrected chi connectivity index (χ3v) is 4.28. The number of nitrogens with zero attached hydrogens (tertiary/aromatic N) is 2. The number of aliphatic carboxylic acids is 1. The van der Waals surface area contributed by atoms with E-state index in [-0.39, 0.29) is 5.91 Å². The van der Waals surface area contributed by atoms with Crippen LogP contribution in [-0.4, -0.2) is 65.1 Å². The van der Waals surface area contributed by atoms with Gasteiger partial charge in [0.25, 0.3) is 5.91 Å². The van der Waals surface area contributed by atoms with Crippen LogP contribution in [0.2, 0.25) is 0 Å². The lowest BCUT2D eigenvalue weighted by Crippen LogP contribution is -2.55. The molecule has 0 unspecified atom stereocenters. The molecule has 1 amide bonds. The van der Waals surface area contributed by atoms with Gasteiger partial charge in [0.05, 0.1) is 0 Å². The van der Waals surface area contributed by atoms with Gasteiger partial charge in [0, 0.05) is 26.2 Å². The fourth-order valence-electron chi connectivity index (χ4n) is 2.67. The molecule has 0 spiro atoms. The number of ether oxygens (including phenoxy) is 1. The molecule has 1 aliphatic heterocycles. The van der Waals surface area contributed by atoms with Gasteiger partial charge in [-0.15, -0.1) is 0 Å². The van der Waals surface area contributed by atoms with Gasteiger partial charge >= 0.3 is 5.97 Å². The Bertz CT molecular complexity index is 567. The number of piperazine rings is 1. The SMILES string of the molecule is Cc1ccccc1O[C@@H](C)C(=O)N1CCN([C@@H](C)C(=O)O)CC1. The second-order valence-corrected chi connectivity index (χ2v) is 5.90. The molecule has 1 aromatic rings. The van der Waals surface area contributed by atoms with Crippen molar-refractivity contribution in [2.75, 3.05) is 26.2 Å². The van der Waals surface area contributed by atoms with Gasteiger partial charge in [-0.1, -0.05) is 18.2 Å². The molecule has 0 bridgehead atoms. The highest BCUT2D eigenvalue weighted by atomic mass is 16.5. The van der Waals surface area contributed by atoms with Gasteiger partial charge in [-0.05, 0) is 32.4 Å². The summed E-state index contributed by atoms with van der Waals surface area (Å²) in [7, 11) is 0. The summed E-state index contributed by atoms with van der Waals surface area (Å²) >= 11 is 0. The maximum Gasteiger partial charge on any atom is 0.320 e. The fourth-order valence-corrected chi connectivity index (χ4v) is 2.67. The summed E-state index contributed by atoms with van der Waals surface area (Å²) in [4.78, 5) is 27.1. The predicted molar refractivity (Wildman–Crippen MR) is 86.5 cm³/mol. The smallest absolute Gasteiger partial charge is 0.320 e. The van der Waals surface area contributed by atoms with Crippen LogP contribution in [0, 0.1) is 6.92 Å². The van der Waals surface area contributed by atoms with Crippen LogP contribution in [0.15, 0.2) is 24.3 Å². The quantitative estimate of drug-likeness (QED) is 0.887. The van der Waals surface area contributed by atoms with Crippen LogP contribution in [0.1, 0.15) is 19.4 Å². The second-order valence-electron chi connectivity index (χ2n) is 5.90. The zero-order chi connectivity index (χ0) is 17.0. The number of rotatable bonds is 5. The molecule has 1 aliphatic rings. The largest absolute Gasteiger partial charge is 0.481 e. The standard InChI is InChI=1S/C17H24N2O4/c1-12-6-4-5-7-15(12)23-14(3)16(20)19-10-8-18(9-11-19)13(2)17(21)22/h4-7,13-14H,8-11H2,1-3H3,(H,21,22)/t13-,14-/m0/s1. The van der Waals surface area contributed by atoms with E-state index >= 15 is 0 Å². The Balaban J connectivity index is 1.89. The lowest BCUT2D eigenvalue weighted by Gasteiger charge is -2.37. The molecule has 2 rings (SSSR count). The Labute approximate surface area is 136 Å². The summed E-state index contributed by atoms with van der Waals surface area (Å²) in [5, 5.41) is 9.05. The highest BCUT2D eigenvalue weighted by Gasteiger charge is 2.29. The van der Waals surface area contributed by atoms with Crippen LogP contribution in [-0.2, 0) is 9.59 Å². The van der Waals surface area contributed by atoms with E-state index in [1.54, 1.807) is 18.7 Å². The average molecular weight is 320 g/mol. The summed E-state index contributed by atoms with van der Waals surface area (Å²) in [6, 6.07) is 7.08. The molecule has 23 heavy (non-hydrogen) atoms. The maximum absolute atomic E-state index is 12.5. The van der Waals surface area contributed by atoms with Crippen molar-refractivity contribution in [1.82, 2.24) is 9.80 Å². The molecule has 0 aliphatic carbocycles. The van der Waals surface area contributed by atoms with Crippen molar-refractivity contribution in [3.8, 4) is 5.75 Å². The number of carbonyl (C=O) groups is 2. The lowest BCUT2D eigenvalue weighted by atomic mass is 10.2. The van der Waals surface area contributed by atoms with Gasteiger partial charge in [0.1, 0.15) is 11.8 Å². The van der Waals surface area contributed by atoms with Gasteiger partial charge in [0.15, 0.2) is 6.10 Å². The summed E-state index contributed by atoms with van der Waals surface area (Å²) in [6.07, 6.45) is -0.556. The zero-order valence-corrected chi connectivity index (χ0v) is 13.9. The van der Waals surface area contributed by atoms with Gasteiger partial charge in [-0.25, -0.2) is 0 Å². The number of para-hydroxylation sites is 1. The van der Waals surface area contributed by atoms with Gasteiger partial charge in [0.2, 0.25) is 0 Å². The van der Waals surface area contributed by atoms with Crippen molar-refractivity contribution < 1.29 is 19.4 Å². The molecule has 126 valence electrons. The highest BCUT2D eigenvalue weighted by Crippen LogP contribution is 2.19. The topological polar surface area (TPSA) is 70.1 Å². The molecule has 1 fully saturated rings. The molecule has 0 aromatic heterocycles. The molecule has 1 N–H and O–H groups in total. The van der Waals surface area contributed by atoms with E-state index in [1.807, 2.05) is 36.1 Å². The third kappa shape index (κ3) is 4.22. The maximum atomic E-state index is 12.5. The van der Waals surface area contributed by atoms with Gasteiger partial charge in [-0.3, -0.25) is 14.5 Å². The van der Waals surface area contributed by atoms with Gasteiger partial charge in [-0.2, -0.15) is 0 Å². The first-order valence-corrected chi connectivity index (χ1v) is 7.88. The number of carbonyl (C=O) groups excluding carboxylic acids is 1. The van der Waals surface area contributed by atoms with Crippen LogP contribution < -0.4 is 4.74 Å². The van der Waals surface area contributed by atoms with Crippen LogP contribution in [0.4, 0.5) is 0 Å². The van der Waals surface area contributed by atoms with E-state index in [2.05, 4.69) is 0 Å². The Hall–Kier alpha value is -2.08. The van der Waals surface area contributed by atoms with Crippen molar-refractivity contribution in [1.29, 1.82) is 0 Å². The first kappa shape index (κ1) is 17.3. The Morgan fingerprint density at radius 3 is 2.30 bits per heavy atom. The number of aryl methyl sites for hydroxylation is 1. The minimum absolute atomic E-state index is 0.0594. The average Bonchev–Trinajstić information content (AvgIpc) is 2.55. The molecule has 1 heterocycles. The molecule has 2 atom stereocenters. The molecule has 1 saturated heterocycles. The predicted octanol–water partition coefficient (Wildman–Crippen LogP) is 1.38. The van der Waals surface area contributed by atoms with E-state index < -0.39 is 18.1 Å². The van der Waals surface area contributed by atoms with E-state index in [1.165, 1.54) is 0 Å². The highest BCUT2D eigenvalue weighted by molar-refractivity contribution is 5.81. The van der Waals surface area contributed by atoms with E-state index in [9.17, 15) is 9.59 Å². The normalized spacial score (nSPS) is 18.3.